The maximum atomic E-state index is 12.0. The lowest BCUT2D eigenvalue weighted by molar-refractivity contribution is -0.216. The second-order valence-corrected chi connectivity index (χ2v) is 5.99. The molecule has 3 heterocycles. The molecule has 0 bridgehead atoms. The molecule has 4 rings (SSSR count). The summed E-state index contributed by atoms with van der Waals surface area (Å²) in [5.41, 5.74) is 2.79. The van der Waals surface area contributed by atoms with Gasteiger partial charge in [-0.1, -0.05) is 18.2 Å². The van der Waals surface area contributed by atoms with Crippen molar-refractivity contribution in [2.24, 2.45) is 0 Å². The fourth-order valence-corrected chi connectivity index (χ4v) is 3.61. The van der Waals surface area contributed by atoms with E-state index in [-0.39, 0.29) is 12.0 Å². The van der Waals surface area contributed by atoms with Crippen molar-refractivity contribution in [1.29, 1.82) is 0 Å². The maximum absolute atomic E-state index is 12.0. The van der Waals surface area contributed by atoms with Gasteiger partial charge in [0.05, 0.1) is 13.2 Å². The Kier molecular flexibility index (Phi) is 2.65. The minimum absolute atomic E-state index is 0.0882. The van der Waals surface area contributed by atoms with E-state index in [4.69, 9.17) is 9.57 Å². The Morgan fingerprint density at radius 3 is 3.10 bits per heavy atom. The van der Waals surface area contributed by atoms with Crippen molar-refractivity contribution in [3.8, 4) is 0 Å². The zero-order valence-electron chi connectivity index (χ0n) is 12.2. The number of esters is 1. The zero-order valence-corrected chi connectivity index (χ0v) is 12.2. The van der Waals surface area contributed by atoms with Gasteiger partial charge in [-0.2, -0.15) is 5.06 Å². The molecule has 0 spiro atoms. The Morgan fingerprint density at radius 2 is 2.29 bits per heavy atom. The first-order valence-electron chi connectivity index (χ1n) is 7.26. The van der Waals surface area contributed by atoms with E-state index in [1.54, 1.807) is 6.92 Å². The summed E-state index contributed by atoms with van der Waals surface area (Å²) in [6.45, 7) is 2.60. The number of benzene rings is 1. The standard InChI is InChI=1S/C16H18N2O3/c1-16(15(19)20-2)9-13-14-11(7-8-18(13)21-16)10-5-3-4-6-12(10)17-14/h3-6,13,17H,7-9H2,1-2H3/t13-,16+/m0/s1. The molecule has 1 fully saturated rings. The van der Waals surface area contributed by atoms with Gasteiger partial charge in [-0.3, -0.25) is 4.84 Å². The van der Waals surface area contributed by atoms with E-state index in [0.29, 0.717) is 6.42 Å². The van der Waals surface area contributed by atoms with Crippen LogP contribution in [0.4, 0.5) is 0 Å². The van der Waals surface area contributed by atoms with Crippen LogP contribution < -0.4 is 0 Å². The third-order valence-corrected chi connectivity index (χ3v) is 4.63. The number of ether oxygens (including phenoxy) is 1. The summed E-state index contributed by atoms with van der Waals surface area (Å²) < 4.78 is 4.89. The molecule has 5 heteroatoms. The van der Waals surface area contributed by atoms with Crippen molar-refractivity contribution in [1.82, 2.24) is 10.0 Å². The SMILES string of the molecule is COC(=O)[C@@]1(C)C[C@H]2c3[nH]c4ccccc4c3CCN2O1. The molecule has 1 N–H and O–H groups in total. The largest absolute Gasteiger partial charge is 0.467 e. The van der Waals surface area contributed by atoms with Crippen molar-refractivity contribution < 1.29 is 14.4 Å². The molecular formula is C16H18N2O3. The fourth-order valence-electron chi connectivity index (χ4n) is 3.61. The number of aromatic amines is 1. The van der Waals surface area contributed by atoms with E-state index in [1.807, 2.05) is 11.1 Å². The van der Waals surface area contributed by atoms with Gasteiger partial charge in [0.1, 0.15) is 0 Å². The predicted molar refractivity (Wildman–Crippen MR) is 77.6 cm³/mol. The van der Waals surface area contributed by atoms with Gasteiger partial charge in [0, 0.05) is 29.6 Å². The molecule has 21 heavy (non-hydrogen) atoms. The lowest BCUT2D eigenvalue weighted by Crippen LogP contribution is -2.38. The highest BCUT2D eigenvalue weighted by Gasteiger charge is 2.51. The second kappa shape index (κ2) is 4.32. The first-order chi connectivity index (χ1) is 10.1. The highest BCUT2D eigenvalue weighted by atomic mass is 16.7. The van der Waals surface area contributed by atoms with Crippen LogP contribution >= 0.6 is 0 Å². The highest BCUT2D eigenvalue weighted by molar-refractivity contribution is 5.85. The van der Waals surface area contributed by atoms with Crippen molar-refractivity contribution in [2.45, 2.75) is 31.4 Å². The number of para-hydroxylation sites is 1. The number of nitrogens with one attached hydrogen (secondary N) is 1. The molecule has 2 atom stereocenters. The van der Waals surface area contributed by atoms with Crippen LogP contribution in [0.1, 0.15) is 30.6 Å². The smallest absolute Gasteiger partial charge is 0.340 e. The Hall–Kier alpha value is -1.85. The average molecular weight is 286 g/mol. The second-order valence-electron chi connectivity index (χ2n) is 5.99. The third-order valence-electron chi connectivity index (χ3n) is 4.63. The number of hydrogen-bond donors (Lipinski definition) is 1. The van der Waals surface area contributed by atoms with Gasteiger partial charge in [0.2, 0.25) is 0 Å². The molecule has 2 aromatic rings. The van der Waals surface area contributed by atoms with Crippen molar-refractivity contribution >= 4 is 16.9 Å². The number of aromatic nitrogens is 1. The van der Waals surface area contributed by atoms with Crippen LogP contribution in [-0.2, 0) is 20.8 Å². The summed E-state index contributed by atoms with van der Waals surface area (Å²) >= 11 is 0. The fraction of sp³-hybridized carbons (Fsp3) is 0.438. The minimum Gasteiger partial charge on any atom is -0.467 e. The topological polar surface area (TPSA) is 54.6 Å². The number of hydrogen-bond acceptors (Lipinski definition) is 4. The summed E-state index contributed by atoms with van der Waals surface area (Å²) in [7, 11) is 1.41. The van der Waals surface area contributed by atoms with E-state index in [0.717, 1.165) is 18.5 Å². The number of fused-ring (bicyclic) bond motifs is 5. The first-order valence-corrected chi connectivity index (χ1v) is 7.26. The summed E-state index contributed by atoms with van der Waals surface area (Å²) in [6, 6.07) is 8.42. The Balaban J connectivity index is 1.78. The van der Waals surface area contributed by atoms with E-state index in [2.05, 4.69) is 23.2 Å². The molecule has 0 unspecified atom stereocenters. The molecule has 5 nitrogen and oxygen atoms in total. The summed E-state index contributed by atoms with van der Waals surface area (Å²) in [5, 5.41) is 3.20. The summed E-state index contributed by atoms with van der Waals surface area (Å²) in [5.74, 6) is -0.311. The van der Waals surface area contributed by atoms with Gasteiger partial charge >= 0.3 is 5.97 Å². The lowest BCUT2D eigenvalue weighted by Gasteiger charge is -2.28. The molecule has 0 saturated carbocycles. The van der Waals surface area contributed by atoms with E-state index in [9.17, 15) is 4.79 Å². The number of rotatable bonds is 1. The number of nitrogens with zero attached hydrogens (tertiary/aromatic N) is 1. The van der Waals surface area contributed by atoms with Gasteiger partial charge < -0.3 is 9.72 Å². The third kappa shape index (κ3) is 1.74. The van der Waals surface area contributed by atoms with E-state index in [1.165, 1.54) is 23.8 Å². The molecule has 110 valence electrons. The van der Waals surface area contributed by atoms with Crippen LogP contribution in [0.15, 0.2) is 24.3 Å². The van der Waals surface area contributed by atoms with Gasteiger partial charge in [-0.05, 0) is 25.0 Å². The Labute approximate surface area is 122 Å². The number of carbonyl (C=O) groups excluding carboxylic acids is 1. The van der Waals surface area contributed by atoms with E-state index >= 15 is 0 Å². The molecular weight excluding hydrogens is 268 g/mol. The molecule has 0 radical (unpaired) electrons. The molecule has 1 saturated heterocycles. The summed E-state index contributed by atoms with van der Waals surface area (Å²) in [6.07, 6.45) is 1.53. The first kappa shape index (κ1) is 12.9. The van der Waals surface area contributed by atoms with Gasteiger partial charge in [-0.15, -0.1) is 0 Å². The van der Waals surface area contributed by atoms with E-state index < -0.39 is 5.60 Å². The number of carbonyl (C=O) groups is 1. The monoisotopic (exact) mass is 286 g/mol. The van der Waals surface area contributed by atoms with Crippen molar-refractivity contribution in [3.05, 3.63) is 35.5 Å². The van der Waals surface area contributed by atoms with Crippen molar-refractivity contribution in [3.63, 3.8) is 0 Å². The lowest BCUT2D eigenvalue weighted by atomic mass is 9.92. The van der Waals surface area contributed by atoms with Gasteiger partial charge in [0.15, 0.2) is 5.60 Å². The molecule has 1 aromatic heterocycles. The van der Waals surface area contributed by atoms with Crippen LogP contribution in [0.25, 0.3) is 10.9 Å². The Morgan fingerprint density at radius 1 is 1.48 bits per heavy atom. The number of methoxy groups -OCH3 is 1. The van der Waals surface area contributed by atoms with Crippen LogP contribution in [-0.4, -0.2) is 35.3 Å². The van der Waals surface area contributed by atoms with Crippen LogP contribution in [0, 0.1) is 0 Å². The van der Waals surface area contributed by atoms with Crippen LogP contribution in [0.5, 0.6) is 0 Å². The normalized spacial score (nSPS) is 28.4. The predicted octanol–water partition coefficient (Wildman–Crippen LogP) is 2.33. The van der Waals surface area contributed by atoms with Gasteiger partial charge in [0.25, 0.3) is 0 Å². The number of hydroxylamine groups is 2. The quantitative estimate of drug-likeness (QED) is 0.818. The van der Waals surface area contributed by atoms with Crippen molar-refractivity contribution in [2.75, 3.05) is 13.7 Å². The molecule has 0 amide bonds. The molecule has 2 aliphatic heterocycles. The Bertz CT molecular complexity index is 723. The molecule has 1 aromatic carbocycles. The average Bonchev–Trinajstić information content (AvgIpc) is 3.04. The van der Waals surface area contributed by atoms with Gasteiger partial charge in [-0.25, -0.2) is 4.79 Å². The van der Waals surface area contributed by atoms with Crippen LogP contribution in [0.2, 0.25) is 0 Å². The highest BCUT2D eigenvalue weighted by Crippen LogP contribution is 2.45. The van der Waals surface area contributed by atoms with Crippen LogP contribution in [0.3, 0.4) is 0 Å². The zero-order chi connectivity index (χ0) is 14.6. The minimum atomic E-state index is -0.891. The molecule has 2 aliphatic rings. The number of H-pyrrole nitrogens is 1. The molecule has 0 aliphatic carbocycles. The summed E-state index contributed by atoms with van der Waals surface area (Å²) in [4.78, 5) is 21.4. The maximum Gasteiger partial charge on any atom is 0.340 e.